The third-order valence-corrected chi connectivity index (χ3v) is 3.18. The summed E-state index contributed by atoms with van der Waals surface area (Å²) in [6.07, 6.45) is -1.42. The lowest BCUT2D eigenvalue weighted by Crippen LogP contribution is -2.33. The van der Waals surface area contributed by atoms with E-state index in [-0.39, 0.29) is 5.82 Å². The van der Waals surface area contributed by atoms with Gasteiger partial charge in [-0.25, -0.2) is 15.0 Å². The van der Waals surface area contributed by atoms with E-state index in [2.05, 4.69) is 15.0 Å². The van der Waals surface area contributed by atoms with Crippen molar-refractivity contribution in [2.75, 3.05) is 19.0 Å². The topological polar surface area (TPSA) is 197 Å². The zero-order chi connectivity index (χ0) is 18.1. The molecule has 0 amide bonds. The summed E-state index contributed by atoms with van der Waals surface area (Å²) in [6, 6.07) is 0. The van der Waals surface area contributed by atoms with Crippen molar-refractivity contribution in [2.45, 2.75) is 24.5 Å². The van der Waals surface area contributed by atoms with Crippen LogP contribution in [-0.2, 0) is 9.30 Å². The first-order valence-electron chi connectivity index (χ1n) is 6.72. The van der Waals surface area contributed by atoms with E-state index >= 15 is 0 Å². The van der Waals surface area contributed by atoms with Gasteiger partial charge in [-0.1, -0.05) is 0 Å². The Bertz CT molecular complexity index is 741. The molecule has 3 rings (SSSR count). The number of aromatic nitrogens is 4. The molecular weight excluding hydrogens is 345 g/mol. The molecule has 7 N–H and O–H groups in total. The van der Waals surface area contributed by atoms with Gasteiger partial charge in [0.25, 0.3) is 0 Å². The number of aliphatic hydroxyl groups excluding tert-OH is 3. The second-order valence-corrected chi connectivity index (χ2v) is 6.82. The highest BCUT2D eigenvalue weighted by Crippen LogP contribution is 2.31. The minimum atomic E-state index is -3.64. The normalized spacial score (nSPS) is 27.1. The molecule has 12 nitrogen and oxygen atoms in total. The zero-order valence-electron chi connectivity index (χ0n) is 12.5. The Kier molecular flexibility index (Phi) is 5.50. The lowest BCUT2D eigenvalue weighted by atomic mass is 10.1. The van der Waals surface area contributed by atoms with E-state index < -0.39 is 38.7 Å². The molecular formula is C11H18N5O7P. The molecule has 13 heteroatoms. The molecule has 2 aromatic rings. The van der Waals surface area contributed by atoms with Crippen molar-refractivity contribution in [3.8, 4) is 0 Å². The largest absolute Gasteiger partial charge is 0.394 e. The Balaban J connectivity index is 0.000000368. The number of nitrogens with two attached hydrogens (primary N) is 1. The van der Waals surface area contributed by atoms with Crippen molar-refractivity contribution in [1.29, 1.82) is 0 Å². The van der Waals surface area contributed by atoms with Gasteiger partial charge in [-0.3, -0.25) is 9.13 Å². The van der Waals surface area contributed by atoms with Crippen LogP contribution in [0.2, 0.25) is 0 Å². The molecule has 4 atom stereocenters. The van der Waals surface area contributed by atoms with E-state index in [1.54, 1.807) is 0 Å². The van der Waals surface area contributed by atoms with E-state index in [1.807, 2.05) is 0 Å². The van der Waals surface area contributed by atoms with Crippen molar-refractivity contribution >= 4 is 24.6 Å². The summed E-state index contributed by atoms with van der Waals surface area (Å²) < 4.78 is 16.2. The number of rotatable bonds is 2. The number of fused-ring (bicyclic) bond motifs is 1. The van der Waals surface area contributed by atoms with Crippen LogP contribution in [-0.4, -0.2) is 76.2 Å². The van der Waals surface area contributed by atoms with Crippen LogP contribution in [0.5, 0.6) is 0 Å². The molecule has 1 aliphatic heterocycles. The van der Waals surface area contributed by atoms with Crippen molar-refractivity contribution in [2.24, 2.45) is 0 Å². The van der Waals surface area contributed by atoms with Crippen LogP contribution in [0, 0.1) is 0 Å². The molecule has 1 saturated heterocycles. The number of hydrogen-bond acceptors (Lipinski definition) is 9. The molecule has 3 heterocycles. The smallest absolute Gasteiger partial charge is 0.322 e. The Morgan fingerprint density at radius 2 is 1.92 bits per heavy atom. The Labute approximate surface area is 135 Å². The highest BCUT2D eigenvalue weighted by Gasteiger charge is 2.43. The zero-order valence-corrected chi connectivity index (χ0v) is 13.4. The quantitative estimate of drug-likeness (QED) is 0.317. The number of ether oxygens (including phenoxy) is 1. The van der Waals surface area contributed by atoms with E-state index in [1.165, 1.54) is 17.2 Å². The molecule has 0 radical (unpaired) electrons. The van der Waals surface area contributed by atoms with Crippen molar-refractivity contribution in [3.63, 3.8) is 0 Å². The Hall–Kier alpha value is -1.66. The van der Waals surface area contributed by atoms with Crippen LogP contribution in [0.15, 0.2) is 12.7 Å². The minimum Gasteiger partial charge on any atom is -0.394 e. The predicted molar refractivity (Wildman–Crippen MR) is 80.7 cm³/mol. The molecule has 0 bridgehead atoms. The predicted octanol–water partition coefficient (Wildman–Crippen LogP) is -2.19. The first-order valence-corrected chi connectivity index (χ1v) is 8.78. The van der Waals surface area contributed by atoms with Gasteiger partial charge in [0.1, 0.15) is 30.2 Å². The van der Waals surface area contributed by atoms with E-state index in [0.717, 1.165) is 6.66 Å². The van der Waals surface area contributed by atoms with Gasteiger partial charge in [0, 0.05) is 6.66 Å². The van der Waals surface area contributed by atoms with Gasteiger partial charge in [0.15, 0.2) is 17.7 Å². The number of nitrogen functional groups attached to an aromatic ring is 1. The molecule has 1 fully saturated rings. The maximum absolute atomic E-state index is 9.95. The van der Waals surface area contributed by atoms with Crippen LogP contribution in [0.4, 0.5) is 5.82 Å². The van der Waals surface area contributed by atoms with Gasteiger partial charge in [-0.15, -0.1) is 0 Å². The average molecular weight is 363 g/mol. The maximum atomic E-state index is 9.95. The highest BCUT2D eigenvalue weighted by molar-refractivity contribution is 7.50. The average Bonchev–Trinajstić information content (AvgIpc) is 3.01. The number of nitrogens with zero attached hydrogens (tertiary/aromatic N) is 4. The summed E-state index contributed by atoms with van der Waals surface area (Å²) in [5.74, 6) is 0.218. The van der Waals surface area contributed by atoms with Gasteiger partial charge in [-0.2, -0.15) is 0 Å². The Morgan fingerprint density at radius 1 is 1.29 bits per heavy atom. The fourth-order valence-electron chi connectivity index (χ4n) is 2.17. The van der Waals surface area contributed by atoms with E-state index in [9.17, 15) is 14.8 Å². The summed E-state index contributed by atoms with van der Waals surface area (Å²) in [5.41, 5.74) is 6.44. The summed E-state index contributed by atoms with van der Waals surface area (Å²) in [4.78, 5) is 27.2. The van der Waals surface area contributed by atoms with E-state index in [4.69, 9.17) is 25.4 Å². The lowest BCUT2D eigenvalue weighted by molar-refractivity contribution is -0.0511. The van der Waals surface area contributed by atoms with Crippen LogP contribution in [0.3, 0.4) is 0 Å². The second kappa shape index (κ2) is 7.07. The summed E-state index contributed by atoms with van der Waals surface area (Å²) in [5, 5.41) is 28.7. The summed E-state index contributed by atoms with van der Waals surface area (Å²) >= 11 is 0. The molecule has 0 unspecified atom stereocenters. The van der Waals surface area contributed by atoms with Crippen molar-refractivity contribution < 1.29 is 34.4 Å². The molecule has 1 aliphatic rings. The fourth-order valence-corrected chi connectivity index (χ4v) is 2.17. The van der Waals surface area contributed by atoms with Crippen LogP contribution >= 0.6 is 7.60 Å². The molecule has 0 spiro atoms. The maximum Gasteiger partial charge on any atom is 0.322 e. The summed E-state index contributed by atoms with van der Waals surface area (Å²) in [6.45, 7) is 0.464. The molecule has 0 aromatic carbocycles. The third-order valence-electron chi connectivity index (χ3n) is 3.18. The van der Waals surface area contributed by atoms with Crippen LogP contribution in [0.25, 0.3) is 11.2 Å². The van der Waals surface area contributed by atoms with Gasteiger partial charge in [0.05, 0.1) is 12.9 Å². The van der Waals surface area contributed by atoms with Gasteiger partial charge >= 0.3 is 7.60 Å². The van der Waals surface area contributed by atoms with Crippen LogP contribution in [0.1, 0.15) is 6.23 Å². The molecule has 24 heavy (non-hydrogen) atoms. The SMILES string of the molecule is CP(=O)(O)O.Nc1ncnc2c1ncn2[C@@H]1O[C@H](CO)[C@@H](O)[C@H]1O. The monoisotopic (exact) mass is 363 g/mol. The molecule has 0 aliphatic carbocycles. The van der Waals surface area contributed by atoms with E-state index in [0.29, 0.717) is 11.2 Å². The molecule has 2 aromatic heterocycles. The number of hydrogen-bond donors (Lipinski definition) is 6. The highest BCUT2D eigenvalue weighted by atomic mass is 31.2. The molecule has 134 valence electrons. The standard InChI is InChI=1S/C10H13N5O4.CH5O3P/c11-8-5-9(13-2-12-8)15(3-14-5)10-7(18)6(17)4(1-16)19-10;1-5(2,3)4/h2-4,6-7,10,16-18H,1H2,(H2,11,12,13);1H3,(H2,2,3,4)/t4-,6-,7-,10-;/m1./s1. The minimum absolute atomic E-state index is 0.218. The third kappa shape index (κ3) is 4.05. The van der Waals surface area contributed by atoms with Gasteiger partial charge < -0.3 is 35.6 Å². The van der Waals surface area contributed by atoms with Gasteiger partial charge in [0.2, 0.25) is 0 Å². The van der Waals surface area contributed by atoms with Crippen molar-refractivity contribution in [3.05, 3.63) is 12.7 Å². The van der Waals surface area contributed by atoms with Crippen molar-refractivity contribution in [1.82, 2.24) is 19.5 Å². The second-order valence-electron chi connectivity index (χ2n) is 5.15. The number of aliphatic hydroxyl groups is 3. The fraction of sp³-hybridized carbons (Fsp3) is 0.545. The summed E-state index contributed by atoms with van der Waals surface area (Å²) in [7, 11) is -3.64. The number of imidazole rings is 1. The Morgan fingerprint density at radius 3 is 2.46 bits per heavy atom. The number of anilines is 1. The first-order chi connectivity index (χ1) is 11.1. The lowest BCUT2D eigenvalue weighted by Gasteiger charge is -2.16. The van der Waals surface area contributed by atoms with Crippen LogP contribution < -0.4 is 5.73 Å². The molecule has 0 saturated carbocycles. The van der Waals surface area contributed by atoms with Gasteiger partial charge in [-0.05, 0) is 0 Å². The first kappa shape index (κ1) is 18.7.